The minimum Gasteiger partial charge on any atom is -0.460 e. The van der Waals surface area contributed by atoms with Crippen LogP contribution in [0.15, 0.2) is 47.6 Å². The summed E-state index contributed by atoms with van der Waals surface area (Å²) in [5.74, 6) is -8.56. The molecular weight excluding hydrogens is 838 g/mol. The van der Waals surface area contributed by atoms with E-state index in [0.717, 1.165) is 5.57 Å². The number of Topliss-reactive ketones (excluding diaryl/α,β-unsaturated/α-hetero) is 3. The SMILES string of the molecule is CO[C@H]1C[C@@H]2CC[C@@H](C)[C@@](O)(O2)C(=O)C(=O)N2CCCC[C@H]2C(=O)OC([C@H](C)CC2CC[C@@H](O)[C@H](OC)C2)CC(=O)C(C)=CC(C)C(F)[C@@H](OC)C(=O)C(C)C[C@H](C)C=CC=CC=C1C. The average Bonchev–Trinajstić information content (AvgIpc) is 3.28. The van der Waals surface area contributed by atoms with E-state index in [-0.39, 0.29) is 60.4 Å². The summed E-state index contributed by atoms with van der Waals surface area (Å²) >= 11 is 0. The number of aliphatic hydroxyl groups is 2. The number of esters is 1. The van der Waals surface area contributed by atoms with Crippen LogP contribution in [0.2, 0.25) is 0 Å². The number of piperidine rings is 1. The first-order valence-electron chi connectivity index (χ1n) is 23.9. The van der Waals surface area contributed by atoms with Gasteiger partial charge in [-0.2, -0.15) is 0 Å². The second kappa shape index (κ2) is 25.1. The lowest BCUT2D eigenvalue weighted by molar-refractivity contribution is -0.265. The summed E-state index contributed by atoms with van der Waals surface area (Å²) in [6.45, 7) is 12.4. The van der Waals surface area contributed by atoms with Gasteiger partial charge in [-0.05, 0) is 107 Å². The number of nitrogens with zero attached hydrogens (tertiary/aromatic N) is 1. The molecule has 4 aliphatic rings. The number of hydrogen-bond acceptors (Lipinski definition) is 12. The van der Waals surface area contributed by atoms with Crippen molar-refractivity contribution in [3.63, 3.8) is 0 Å². The van der Waals surface area contributed by atoms with Gasteiger partial charge in [0.1, 0.15) is 24.4 Å². The van der Waals surface area contributed by atoms with Gasteiger partial charge in [-0.25, -0.2) is 9.18 Å². The van der Waals surface area contributed by atoms with Gasteiger partial charge >= 0.3 is 5.97 Å². The minimum atomic E-state index is -2.44. The van der Waals surface area contributed by atoms with Crippen LogP contribution in [0.25, 0.3) is 0 Å². The van der Waals surface area contributed by atoms with E-state index in [2.05, 4.69) is 0 Å². The Kier molecular flexibility index (Phi) is 20.9. The number of carbonyl (C=O) groups is 5. The van der Waals surface area contributed by atoms with E-state index in [0.29, 0.717) is 64.2 Å². The third kappa shape index (κ3) is 14.3. The second-order valence-electron chi connectivity index (χ2n) is 19.6. The van der Waals surface area contributed by atoms with E-state index in [9.17, 15) is 34.2 Å². The highest BCUT2D eigenvalue weighted by Gasteiger charge is 2.53. The smallest absolute Gasteiger partial charge is 0.329 e. The van der Waals surface area contributed by atoms with E-state index in [1.807, 2.05) is 51.2 Å². The molecule has 0 aromatic carbocycles. The zero-order chi connectivity index (χ0) is 48.2. The van der Waals surface area contributed by atoms with Gasteiger partial charge in [-0.1, -0.05) is 71.1 Å². The zero-order valence-corrected chi connectivity index (χ0v) is 40.5. The number of alkyl halides is 1. The molecule has 4 rings (SSSR count). The molecule has 0 aromatic rings. The minimum absolute atomic E-state index is 0.0188. The van der Waals surface area contributed by atoms with Crippen molar-refractivity contribution in [1.29, 1.82) is 0 Å². The molecule has 366 valence electrons. The fraction of sp³-hybridized carbons (Fsp3) is 0.745. The number of allylic oxidation sites excluding steroid dienone is 7. The summed E-state index contributed by atoms with van der Waals surface area (Å²) in [6, 6.07) is -1.16. The predicted octanol–water partition coefficient (Wildman–Crippen LogP) is 7.16. The third-order valence-electron chi connectivity index (χ3n) is 14.4. The highest BCUT2D eigenvalue weighted by molar-refractivity contribution is 6.39. The van der Waals surface area contributed by atoms with Gasteiger partial charge in [-0.15, -0.1) is 0 Å². The summed E-state index contributed by atoms with van der Waals surface area (Å²) < 4.78 is 45.4. The van der Waals surface area contributed by atoms with Crippen molar-refractivity contribution >= 4 is 29.2 Å². The Morgan fingerprint density at radius 1 is 0.892 bits per heavy atom. The number of carbonyl (C=O) groups excluding carboxylic acids is 5. The number of halogens is 1. The topological polar surface area (TPSA) is 175 Å². The van der Waals surface area contributed by atoms with Gasteiger partial charge in [-0.3, -0.25) is 19.2 Å². The Hall–Kier alpha value is -3.40. The lowest BCUT2D eigenvalue weighted by atomic mass is 9.78. The Bertz CT molecular complexity index is 1760. The first-order chi connectivity index (χ1) is 30.7. The third-order valence-corrected chi connectivity index (χ3v) is 14.4. The monoisotopic (exact) mass is 916 g/mol. The molecule has 1 aliphatic carbocycles. The molecule has 0 aromatic heterocycles. The van der Waals surface area contributed by atoms with Gasteiger partial charge in [0.25, 0.3) is 11.7 Å². The number of cyclic esters (lactones) is 1. The Balaban J connectivity index is 1.70. The average molecular weight is 916 g/mol. The van der Waals surface area contributed by atoms with Gasteiger partial charge in [0.05, 0.1) is 24.4 Å². The molecule has 65 heavy (non-hydrogen) atoms. The van der Waals surface area contributed by atoms with Crippen LogP contribution in [0.5, 0.6) is 0 Å². The zero-order valence-electron chi connectivity index (χ0n) is 40.5. The standard InChI is InChI=1S/C51H78FNO12/c1-30-16-12-11-13-17-31(2)42(61-8)28-38-21-19-36(7)51(60,65-38)48(57)49(58)53-23-15-14-18-39(53)50(59)64-43(33(4)26-37-20-22-40(54)44(27-37)62-9)29-41(55)32(3)25-34(5)45(52)47(63-10)46(56)35(6)24-30/h11-13,16-17,25,30,33-40,42-45,47,54,60H,14-15,18-24,26-29H2,1-10H3/t30-,33-,34?,35?,36-,37?,38+,39+,40-,42+,43?,44-,45?,47-,51-/m1/s1. The molecule has 15 atom stereocenters. The van der Waals surface area contributed by atoms with Crippen molar-refractivity contribution in [1.82, 2.24) is 4.90 Å². The molecule has 0 radical (unpaired) electrons. The molecule has 2 bridgehead atoms. The van der Waals surface area contributed by atoms with Gasteiger partial charge < -0.3 is 38.8 Å². The molecule has 1 amide bonds. The normalized spacial score (nSPS) is 37.8. The quantitative estimate of drug-likeness (QED) is 0.204. The van der Waals surface area contributed by atoms with Crippen molar-refractivity contribution in [2.75, 3.05) is 27.9 Å². The molecule has 0 spiro atoms. The van der Waals surface area contributed by atoms with Crippen LogP contribution in [-0.2, 0) is 47.7 Å². The maximum Gasteiger partial charge on any atom is 0.329 e. The lowest BCUT2D eigenvalue weighted by Gasteiger charge is -2.42. The maximum absolute atomic E-state index is 16.2. The molecule has 2 N–H and O–H groups in total. The molecule has 3 aliphatic heterocycles. The molecule has 3 fully saturated rings. The Morgan fingerprint density at radius 3 is 2.29 bits per heavy atom. The summed E-state index contributed by atoms with van der Waals surface area (Å²) in [5, 5.41) is 22.4. The molecule has 3 heterocycles. The van der Waals surface area contributed by atoms with E-state index in [1.54, 1.807) is 41.9 Å². The molecule has 14 heteroatoms. The van der Waals surface area contributed by atoms with Crippen LogP contribution >= 0.6 is 0 Å². The molecule has 5 unspecified atom stereocenters. The number of aliphatic hydroxyl groups excluding tert-OH is 1. The van der Waals surface area contributed by atoms with Gasteiger partial charge in [0.15, 0.2) is 11.6 Å². The molecular formula is C51H78FNO12. The van der Waals surface area contributed by atoms with Crippen molar-refractivity contribution in [3.8, 4) is 0 Å². The largest absolute Gasteiger partial charge is 0.460 e. The van der Waals surface area contributed by atoms with Crippen LogP contribution in [-0.4, -0.2) is 127 Å². The van der Waals surface area contributed by atoms with Gasteiger partial charge in [0, 0.05) is 58.5 Å². The fourth-order valence-corrected chi connectivity index (χ4v) is 10.1. The van der Waals surface area contributed by atoms with E-state index in [1.165, 1.54) is 18.1 Å². The molecule has 2 saturated heterocycles. The second-order valence-corrected chi connectivity index (χ2v) is 19.6. The Morgan fingerprint density at radius 2 is 1.62 bits per heavy atom. The van der Waals surface area contributed by atoms with E-state index >= 15 is 4.39 Å². The van der Waals surface area contributed by atoms with Crippen molar-refractivity contribution in [2.45, 2.75) is 180 Å². The number of ether oxygens (including phenoxy) is 5. The number of methoxy groups -OCH3 is 3. The molecule has 1 saturated carbocycles. The number of fused-ring (bicyclic) bond motifs is 3. The lowest BCUT2D eigenvalue weighted by Crippen LogP contribution is -2.61. The predicted molar refractivity (Wildman–Crippen MR) is 244 cm³/mol. The number of ketones is 3. The summed E-state index contributed by atoms with van der Waals surface area (Å²) in [7, 11) is 4.43. The number of hydrogen-bond donors (Lipinski definition) is 2. The fourth-order valence-electron chi connectivity index (χ4n) is 10.1. The Labute approximate surface area is 386 Å². The summed E-state index contributed by atoms with van der Waals surface area (Å²) in [5.41, 5.74) is 1.10. The number of amides is 1. The molecule has 13 nitrogen and oxygen atoms in total. The van der Waals surface area contributed by atoms with Crippen LogP contribution in [0, 0.1) is 35.5 Å². The van der Waals surface area contributed by atoms with Crippen LogP contribution in [0.4, 0.5) is 4.39 Å². The summed E-state index contributed by atoms with van der Waals surface area (Å²) in [4.78, 5) is 71.6. The van der Waals surface area contributed by atoms with Gasteiger partial charge in [0.2, 0.25) is 5.79 Å². The van der Waals surface area contributed by atoms with Crippen molar-refractivity contribution in [2.24, 2.45) is 35.5 Å². The van der Waals surface area contributed by atoms with Crippen molar-refractivity contribution < 1.29 is 62.3 Å². The first kappa shape index (κ1) is 54.2. The van der Waals surface area contributed by atoms with E-state index < -0.39 is 83.9 Å². The van der Waals surface area contributed by atoms with Crippen LogP contribution < -0.4 is 0 Å². The van der Waals surface area contributed by atoms with Crippen LogP contribution in [0.1, 0.15) is 126 Å². The van der Waals surface area contributed by atoms with Crippen molar-refractivity contribution in [3.05, 3.63) is 47.6 Å². The number of rotatable bonds is 6. The highest BCUT2D eigenvalue weighted by Crippen LogP contribution is 2.38. The van der Waals surface area contributed by atoms with Crippen LogP contribution in [0.3, 0.4) is 0 Å². The van der Waals surface area contributed by atoms with E-state index in [4.69, 9.17) is 23.7 Å². The maximum atomic E-state index is 16.2. The highest BCUT2D eigenvalue weighted by atomic mass is 19.1. The summed E-state index contributed by atoms with van der Waals surface area (Å²) in [6.07, 6.45) is 9.99. The first-order valence-corrected chi connectivity index (χ1v) is 23.9.